The number of rotatable bonds is 6. The molecule has 0 saturated carbocycles. The number of fused-ring (bicyclic) bond motifs is 1. The van der Waals surface area contributed by atoms with Crippen LogP contribution < -0.4 is 14.8 Å². The molecule has 7 heteroatoms. The van der Waals surface area contributed by atoms with Gasteiger partial charge in [-0.15, -0.1) is 11.3 Å². The van der Waals surface area contributed by atoms with Crippen LogP contribution in [0, 0.1) is 0 Å². The van der Waals surface area contributed by atoms with E-state index in [0.717, 1.165) is 10.4 Å². The van der Waals surface area contributed by atoms with Crippen LogP contribution in [0.1, 0.15) is 23.0 Å². The van der Waals surface area contributed by atoms with Gasteiger partial charge in [-0.05, 0) is 49.2 Å². The summed E-state index contributed by atoms with van der Waals surface area (Å²) in [4.78, 5) is 25.0. The van der Waals surface area contributed by atoms with Gasteiger partial charge in [0.15, 0.2) is 11.5 Å². The fourth-order valence-corrected chi connectivity index (χ4v) is 3.44. The highest BCUT2D eigenvalue weighted by molar-refractivity contribution is 7.17. The van der Waals surface area contributed by atoms with Gasteiger partial charge in [-0.2, -0.15) is 0 Å². The minimum Gasteiger partial charge on any atom is -0.486 e. The van der Waals surface area contributed by atoms with E-state index in [1.165, 1.54) is 11.3 Å². The molecule has 0 bridgehead atoms. The first-order valence-corrected chi connectivity index (χ1v) is 9.05. The second-order valence-electron chi connectivity index (χ2n) is 5.69. The molecule has 3 rings (SSSR count). The number of carbonyl (C=O) groups is 2. The number of carboxylic acid groups (broad SMARTS) is 1. The van der Waals surface area contributed by atoms with Gasteiger partial charge in [-0.1, -0.05) is 12.2 Å². The number of nitrogens with one attached hydrogen (secondary N) is 1. The summed E-state index contributed by atoms with van der Waals surface area (Å²) in [6.07, 6.45) is 3.72. The number of benzene rings is 1. The molecule has 1 aromatic heterocycles. The number of aliphatic carboxylic acids is 1. The summed E-state index contributed by atoms with van der Waals surface area (Å²) in [5.41, 5.74) is 0.919. The number of amides is 1. The zero-order chi connectivity index (χ0) is 18.5. The van der Waals surface area contributed by atoms with Crippen LogP contribution in [0.25, 0.3) is 10.4 Å². The maximum Gasteiger partial charge on any atom is 0.326 e. The molecule has 0 saturated heterocycles. The Morgan fingerprint density at radius 1 is 1.23 bits per heavy atom. The van der Waals surface area contributed by atoms with Gasteiger partial charge >= 0.3 is 5.97 Å². The Hall–Kier alpha value is -2.80. The number of carboxylic acids is 1. The van der Waals surface area contributed by atoms with Gasteiger partial charge in [0.25, 0.3) is 5.91 Å². The predicted molar refractivity (Wildman–Crippen MR) is 99.1 cm³/mol. The van der Waals surface area contributed by atoms with E-state index in [0.29, 0.717) is 29.6 Å². The summed E-state index contributed by atoms with van der Waals surface area (Å²) >= 11 is 1.30. The van der Waals surface area contributed by atoms with Crippen LogP contribution in [0.2, 0.25) is 0 Å². The van der Waals surface area contributed by atoms with Gasteiger partial charge in [-0.25, -0.2) is 4.79 Å². The Kier molecular flexibility index (Phi) is 5.58. The summed E-state index contributed by atoms with van der Waals surface area (Å²) < 4.78 is 11.1. The van der Waals surface area contributed by atoms with E-state index in [-0.39, 0.29) is 6.42 Å². The molecule has 2 heterocycles. The van der Waals surface area contributed by atoms with Crippen LogP contribution in [-0.4, -0.2) is 36.2 Å². The second kappa shape index (κ2) is 8.05. The summed E-state index contributed by atoms with van der Waals surface area (Å²) in [6.45, 7) is 2.85. The molecule has 6 nitrogen and oxygen atoms in total. The van der Waals surface area contributed by atoms with Crippen molar-refractivity contribution in [3.05, 3.63) is 47.4 Å². The number of hydrogen-bond acceptors (Lipinski definition) is 5. The molecule has 136 valence electrons. The van der Waals surface area contributed by atoms with Crippen molar-refractivity contribution in [2.75, 3.05) is 13.2 Å². The first-order valence-electron chi connectivity index (χ1n) is 8.23. The van der Waals surface area contributed by atoms with E-state index in [1.807, 2.05) is 24.3 Å². The summed E-state index contributed by atoms with van der Waals surface area (Å²) in [5.74, 6) is -0.0518. The lowest BCUT2D eigenvalue weighted by atomic mass is 10.1. The fourth-order valence-electron chi connectivity index (χ4n) is 2.53. The van der Waals surface area contributed by atoms with E-state index in [1.54, 1.807) is 25.1 Å². The Morgan fingerprint density at radius 3 is 2.73 bits per heavy atom. The Morgan fingerprint density at radius 2 is 2.00 bits per heavy atom. The van der Waals surface area contributed by atoms with Gasteiger partial charge < -0.3 is 19.9 Å². The van der Waals surface area contributed by atoms with Crippen LogP contribution in [0.3, 0.4) is 0 Å². The van der Waals surface area contributed by atoms with Crippen LogP contribution in [-0.2, 0) is 4.79 Å². The third-order valence-corrected chi connectivity index (χ3v) is 5.00. The summed E-state index contributed by atoms with van der Waals surface area (Å²) in [5, 5.41) is 11.8. The van der Waals surface area contributed by atoms with Crippen molar-refractivity contribution in [2.45, 2.75) is 19.4 Å². The quantitative estimate of drug-likeness (QED) is 0.759. The molecular formula is C19H19NO5S. The van der Waals surface area contributed by atoms with Crippen molar-refractivity contribution in [2.24, 2.45) is 0 Å². The number of thiophene rings is 1. The summed E-state index contributed by atoms with van der Waals surface area (Å²) in [6, 6.07) is 8.23. The van der Waals surface area contributed by atoms with Crippen LogP contribution in [0.15, 0.2) is 42.5 Å². The van der Waals surface area contributed by atoms with Crippen molar-refractivity contribution in [1.82, 2.24) is 5.32 Å². The molecule has 1 amide bonds. The molecular weight excluding hydrogens is 354 g/mol. The molecule has 1 aromatic carbocycles. The second-order valence-corrected chi connectivity index (χ2v) is 6.78. The number of hydrogen-bond donors (Lipinski definition) is 2. The van der Waals surface area contributed by atoms with E-state index in [4.69, 9.17) is 9.47 Å². The Labute approximate surface area is 155 Å². The predicted octanol–water partition coefficient (Wildman–Crippen LogP) is 3.34. The highest BCUT2D eigenvalue weighted by Crippen LogP contribution is 2.36. The average Bonchev–Trinajstić information content (AvgIpc) is 3.14. The molecule has 1 unspecified atom stereocenters. The maximum atomic E-state index is 12.4. The third-order valence-electron chi connectivity index (χ3n) is 3.87. The van der Waals surface area contributed by atoms with E-state index in [9.17, 15) is 14.7 Å². The van der Waals surface area contributed by atoms with E-state index < -0.39 is 17.9 Å². The Balaban J connectivity index is 1.74. The van der Waals surface area contributed by atoms with E-state index >= 15 is 0 Å². The monoisotopic (exact) mass is 373 g/mol. The smallest absolute Gasteiger partial charge is 0.326 e. The Bertz CT molecular complexity index is 842. The van der Waals surface area contributed by atoms with Gasteiger partial charge in [0.2, 0.25) is 0 Å². The van der Waals surface area contributed by atoms with Crippen LogP contribution in [0.4, 0.5) is 0 Å². The van der Waals surface area contributed by atoms with Crippen molar-refractivity contribution in [3.63, 3.8) is 0 Å². The zero-order valence-electron chi connectivity index (χ0n) is 14.2. The van der Waals surface area contributed by atoms with Crippen LogP contribution >= 0.6 is 11.3 Å². The van der Waals surface area contributed by atoms with Crippen molar-refractivity contribution >= 4 is 23.2 Å². The fraction of sp³-hybridized carbons (Fsp3) is 0.263. The summed E-state index contributed by atoms with van der Waals surface area (Å²) in [7, 11) is 0. The molecule has 1 aliphatic heterocycles. The van der Waals surface area contributed by atoms with Crippen molar-refractivity contribution < 1.29 is 24.2 Å². The van der Waals surface area contributed by atoms with Crippen molar-refractivity contribution in [1.29, 1.82) is 0 Å². The first kappa shape index (κ1) is 18.0. The molecule has 1 atom stereocenters. The lowest BCUT2D eigenvalue weighted by Gasteiger charge is -2.18. The highest BCUT2D eigenvalue weighted by Gasteiger charge is 2.21. The molecule has 1 aliphatic rings. The largest absolute Gasteiger partial charge is 0.486 e. The molecule has 0 radical (unpaired) electrons. The molecule has 26 heavy (non-hydrogen) atoms. The number of ether oxygens (including phenoxy) is 2. The zero-order valence-corrected chi connectivity index (χ0v) is 15.0. The highest BCUT2D eigenvalue weighted by atomic mass is 32.1. The molecule has 0 aliphatic carbocycles. The minimum atomic E-state index is -1.06. The lowest BCUT2D eigenvalue weighted by molar-refractivity contribution is -0.139. The van der Waals surface area contributed by atoms with Gasteiger partial charge in [0.05, 0.1) is 4.88 Å². The molecule has 0 spiro atoms. The SMILES string of the molecule is C/C=C/CC(NC(=O)c1ccc(-c2ccc3c(c2)OCCO3)s1)C(=O)O. The van der Waals surface area contributed by atoms with Crippen LogP contribution in [0.5, 0.6) is 11.5 Å². The molecule has 2 N–H and O–H groups in total. The van der Waals surface area contributed by atoms with E-state index in [2.05, 4.69) is 5.32 Å². The first-order chi connectivity index (χ1) is 12.6. The van der Waals surface area contributed by atoms with Gasteiger partial charge in [-0.3, -0.25) is 4.79 Å². The molecule has 2 aromatic rings. The normalized spacial score (nSPS) is 14.2. The van der Waals surface area contributed by atoms with Gasteiger partial charge in [0.1, 0.15) is 19.3 Å². The third kappa shape index (κ3) is 4.05. The number of carbonyl (C=O) groups excluding carboxylic acids is 1. The standard InChI is InChI=1S/C19H19NO5S/c1-2-3-4-13(19(22)23)20-18(21)17-8-7-16(26-17)12-5-6-14-15(11-12)25-10-9-24-14/h2-3,5-8,11,13H,4,9-10H2,1H3,(H,20,21)(H,22,23)/b3-2+. The average molecular weight is 373 g/mol. The topological polar surface area (TPSA) is 84.9 Å². The lowest BCUT2D eigenvalue weighted by Crippen LogP contribution is -2.40. The number of allylic oxidation sites excluding steroid dienone is 1. The molecule has 0 fully saturated rings. The van der Waals surface area contributed by atoms with Crippen molar-refractivity contribution in [3.8, 4) is 21.9 Å². The minimum absolute atomic E-state index is 0.248. The van der Waals surface area contributed by atoms with Gasteiger partial charge in [0, 0.05) is 4.88 Å². The maximum absolute atomic E-state index is 12.4.